The topological polar surface area (TPSA) is 64.7 Å². The van der Waals surface area contributed by atoms with E-state index in [0.717, 1.165) is 54.0 Å². The Labute approximate surface area is 221 Å². The summed E-state index contributed by atoms with van der Waals surface area (Å²) in [5.74, 6) is 2.72. The minimum Gasteiger partial charge on any atom is -0.305 e. The number of amides is 1. The van der Waals surface area contributed by atoms with Crippen molar-refractivity contribution < 1.29 is 4.79 Å². The largest absolute Gasteiger partial charge is 0.305 e. The average molecular weight is 512 g/mol. The lowest BCUT2D eigenvalue weighted by Crippen LogP contribution is -2.49. The van der Waals surface area contributed by atoms with Gasteiger partial charge in [-0.1, -0.05) is 41.9 Å². The highest BCUT2D eigenvalue weighted by Gasteiger charge is 2.54. The number of benzene rings is 2. The van der Waals surface area contributed by atoms with Crippen LogP contribution in [0.3, 0.4) is 0 Å². The zero-order chi connectivity index (χ0) is 25.0. The van der Waals surface area contributed by atoms with Crippen LogP contribution in [0.5, 0.6) is 0 Å². The van der Waals surface area contributed by atoms with Crippen molar-refractivity contribution in [2.24, 2.45) is 17.8 Å². The summed E-state index contributed by atoms with van der Waals surface area (Å²) >= 11 is 6.01. The van der Waals surface area contributed by atoms with Gasteiger partial charge in [0.2, 0.25) is 0 Å². The van der Waals surface area contributed by atoms with Crippen molar-refractivity contribution in [2.75, 3.05) is 5.32 Å². The third-order valence-corrected chi connectivity index (χ3v) is 8.91. The first kappa shape index (κ1) is 22.8. The standard InChI is InChI=1S/C30H30ClN5O/c31-24-8-6-20(7-9-24)18-35-11-10-27(33-35)32-29(37)26-19-36(25-4-2-1-3-5-25)34-28(26)30-15-21-12-22(16-30)14-23(13-21)17-30/h1-11,19,21-23H,12-18H2,(H,32,33,37). The highest BCUT2D eigenvalue weighted by molar-refractivity contribution is 6.30. The van der Waals surface area contributed by atoms with Crippen molar-refractivity contribution in [2.45, 2.75) is 50.5 Å². The van der Waals surface area contributed by atoms with Crippen LogP contribution in [0, 0.1) is 17.8 Å². The van der Waals surface area contributed by atoms with Gasteiger partial charge in [0.25, 0.3) is 5.91 Å². The number of nitrogens with zero attached hydrogens (tertiary/aromatic N) is 4. The van der Waals surface area contributed by atoms with Crippen molar-refractivity contribution >= 4 is 23.3 Å². The molecule has 2 heterocycles. The van der Waals surface area contributed by atoms with E-state index < -0.39 is 0 Å². The van der Waals surface area contributed by atoms with E-state index >= 15 is 0 Å². The molecule has 4 bridgehead atoms. The fraction of sp³-hybridized carbons (Fsp3) is 0.367. The van der Waals surface area contributed by atoms with E-state index in [1.54, 1.807) is 0 Å². The third-order valence-electron chi connectivity index (χ3n) is 8.66. The molecule has 0 aliphatic heterocycles. The summed E-state index contributed by atoms with van der Waals surface area (Å²) in [5.41, 5.74) is 3.74. The van der Waals surface area contributed by atoms with E-state index in [-0.39, 0.29) is 11.3 Å². The number of anilines is 1. The monoisotopic (exact) mass is 511 g/mol. The van der Waals surface area contributed by atoms with E-state index in [2.05, 4.69) is 10.4 Å². The number of para-hydroxylation sites is 1. The van der Waals surface area contributed by atoms with Gasteiger partial charge in [-0.15, -0.1) is 0 Å². The molecule has 2 aromatic carbocycles. The van der Waals surface area contributed by atoms with E-state index in [1.165, 1.54) is 19.3 Å². The van der Waals surface area contributed by atoms with Gasteiger partial charge in [0.15, 0.2) is 5.82 Å². The van der Waals surface area contributed by atoms with Crippen molar-refractivity contribution in [3.63, 3.8) is 0 Å². The molecule has 1 N–H and O–H groups in total. The molecule has 4 saturated carbocycles. The number of carbonyl (C=O) groups is 1. The molecule has 1 amide bonds. The fourth-order valence-electron chi connectivity index (χ4n) is 7.52. The van der Waals surface area contributed by atoms with Crippen LogP contribution in [0.4, 0.5) is 5.82 Å². The lowest BCUT2D eigenvalue weighted by Gasteiger charge is -2.56. The van der Waals surface area contributed by atoms with Gasteiger partial charge in [0.05, 0.1) is 23.5 Å². The zero-order valence-electron chi connectivity index (χ0n) is 20.7. The molecule has 0 atom stereocenters. The second-order valence-corrected chi connectivity index (χ2v) is 11.8. The van der Waals surface area contributed by atoms with Crippen LogP contribution in [0.2, 0.25) is 5.02 Å². The summed E-state index contributed by atoms with van der Waals surface area (Å²) in [6.45, 7) is 0.609. The third kappa shape index (κ3) is 4.27. The predicted octanol–water partition coefficient (Wildman–Crippen LogP) is 6.49. The molecule has 0 radical (unpaired) electrons. The Morgan fingerprint density at radius 1 is 0.919 bits per heavy atom. The van der Waals surface area contributed by atoms with Crippen LogP contribution in [0.1, 0.15) is 60.1 Å². The number of hydrogen-bond donors (Lipinski definition) is 1. The summed E-state index contributed by atoms with van der Waals surface area (Å²) in [6, 6.07) is 19.7. The molecule has 2 aromatic heterocycles. The summed E-state index contributed by atoms with van der Waals surface area (Å²) < 4.78 is 3.72. The summed E-state index contributed by atoms with van der Waals surface area (Å²) in [6.07, 6.45) is 11.3. The molecule has 188 valence electrons. The van der Waals surface area contributed by atoms with Gasteiger partial charge in [-0.2, -0.15) is 10.2 Å². The number of halogens is 1. The first-order valence-corrected chi connectivity index (χ1v) is 13.7. The lowest BCUT2D eigenvalue weighted by molar-refractivity contribution is -0.00765. The Morgan fingerprint density at radius 3 is 2.27 bits per heavy atom. The number of carbonyl (C=O) groups excluding carboxylic acids is 1. The number of rotatable bonds is 6. The molecule has 4 aromatic rings. The normalized spacial score (nSPS) is 25.9. The predicted molar refractivity (Wildman–Crippen MR) is 144 cm³/mol. The molecule has 37 heavy (non-hydrogen) atoms. The Balaban J connectivity index is 1.19. The molecule has 4 fully saturated rings. The Hall–Kier alpha value is -3.38. The number of aromatic nitrogens is 4. The molecular formula is C30H30ClN5O. The molecule has 6 nitrogen and oxygen atoms in total. The maximum absolute atomic E-state index is 13.7. The van der Waals surface area contributed by atoms with Gasteiger partial charge in [-0.05, 0) is 86.1 Å². The van der Waals surface area contributed by atoms with Gasteiger partial charge in [0.1, 0.15) is 0 Å². The first-order valence-electron chi connectivity index (χ1n) is 13.3. The summed E-state index contributed by atoms with van der Waals surface area (Å²) in [5, 5.41) is 13.5. The van der Waals surface area contributed by atoms with E-state index in [4.69, 9.17) is 16.7 Å². The molecule has 7 heteroatoms. The van der Waals surface area contributed by atoms with Gasteiger partial charge in [0, 0.05) is 28.9 Å². The van der Waals surface area contributed by atoms with Crippen LogP contribution in [-0.4, -0.2) is 25.5 Å². The van der Waals surface area contributed by atoms with Crippen LogP contribution < -0.4 is 5.32 Å². The minimum atomic E-state index is -0.135. The molecule has 4 aliphatic rings. The molecule has 0 spiro atoms. The number of nitrogens with one attached hydrogen (secondary N) is 1. The molecule has 4 aliphatic carbocycles. The maximum atomic E-state index is 13.7. The Bertz CT molecular complexity index is 1400. The SMILES string of the molecule is O=C(Nc1ccn(Cc2ccc(Cl)cc2)n1)c1cn(-c2ccccc2)nc1C12CC3CC(CC(C3)C1)C2. The van der Waals surface area contributed by atoms with Gasteiger partial charge in [-0.3, -0.25) is 9.48 Å². The molecular weight excluding hydrogens is 482 g/mol. The van der Waals surface area contributed by atoms with Crippen molar-refractivity contribution in [3.05, 3.63) is 94.9 Å². The van der Waals surface area contributed by atoms with Crippen molar-refractivity contribution in [1.29, 1.82) is 0 Å². The summed E-state index contributed by atoms with van der Waals surface area (Å²) in [7, 11) is 0. The van der Waals surface area contributed by atoms with E-state index in [0.29, 0.717) is 22.9 Å². The van der Waals surface area contributed by atoms with E-state index in [9.17, 15) is 4.79 Å². The number of hydrogen-bond acceptors (Lipinski definition) is 3. The second kappa shape index (κ2) is 8.88. The summed E-state index contributed by atoms with van der Waals surface area (Å²) in [4.78, 5) is 13.7. The zero-order valence-corrected chi connectivity index (χ0v) is 21.4. The quantitative estimate of drug-likeness (QED) is 0.322. The Morgan fingerprint density at radius 2 is 1.59 bits per heavy atom. The van der Waals surface area contributed by atoms with Gasteiger partial charge in [-0.25, -0.2) is 4.68 Å². The van der Waals surface area contributed by atoms with Gasteiger partial charge < -0.3 is 5.32 Å². The van der Waals surface area contributed by atoms with Crippen LogP contribution in [-0.2, 0) is 12.0 Å². The van der Waals surface area contributed by atoms with Crippen LogP contribution in [0.25, 0.3) is 5.69 Å². The maximum Gasteiger partial charge on any atom is 0.260 e. The molecule has 0 unspecified atom stereocenters. The lowest BCUT2D eigenvalue weighted by atomic mass is 9.48. The van der Waals surface area contributed by atoms with E-state index in [1.807, 2.05) is 82.4 Å². The first-order chi connectivity index (χ1) is 18.0. The molecule has 8 rings (SSSR count). The van der Waals surface area contributed by atoms with Gasteiger partial charge >= 0.3 is 0 Å². The second-order valence-electron chi connectivity index (χ2n) is 11.3. The fourth-order valence-corrected chi connectivity index (χ4v) is 7.65. The smallest absolute Gasteiger partial charge is 0.260 e. The Kier molecular flexibility index (Phi) is 5.47. The average Bonchev–Trinajstić information content (AvgIpc) is 3.53. The van der Waals surface area contributed by atoms with Crippen molar-refractivity contribution in [3.8, 4) is 5.69 Å². The molecule has 0 saturated heterocycles. The highest BCUT2D eigenvalue weighted by atomic mass is 35.5. The minimum absolute atomic E-state index is 0.00932. The highest BCUT2D eigenvalue weighted by Crippen LogP contribution is 2.60. The van der Waals surface area contributed by atoms with Crippen molar-refractivity contribution in [1.82, 2.24) is 19.6 Å². The van der Waals surface area contributed by atoms with Crippen LogP contribution in [0.15, 0.2) is 73.1 Å². The van der Waals surface area contributed by atoms with Crippen LogP contribution >= 0.6 is 11.6 Å².